The maximum Gasteiger partial charge on any atom is 0.0861 e. The molecular weight excluding hydrogens is 569 g/mol. The molecule has 0 saturated heterocycles. The topological polar surface area (TPSA) is 9.23 Å². The highest BCUT2D eigenvalue weighted by Crippen LogP contribution is 2.16. The summed E-state index contributed by atoms with van der Waals surface area (Å²) in [6, 6.07) is 0. The molecule has 0 fully saturated rings. The van der Waals surface area contributed by atoms with Crippen LogP contribution in [0.2, 0.25) is 0 Å². The zero-order chi connectivity index (χ0) is 33.8. The molecule has 0 spiro atoms. The van der Waals surface area contributed by atoms with Crippen LogP contribution >= 0.6 is 0 Å². The summed E-state index contributed by atoms with van der Waals surface area (Å²) in [7, 11) is 0. The van der Waals surface area contributed by atoms with E-state index >= 15 is 0 Å². The van der Waals surface area contributed by atoms with Crippen LogP contribution in [0.15, 0.2) is 24.7 Å². The van der Waals surface area contributed by atoms with Crippen molar-refractivity contribution >= 4 is 0 Å². The van der Waals surface area contributed by atoms with E-state index in [1.807, 2.05) is 12.5 Å². The fraction of sp³-hybridized carbons (Fsp3) is 0.913. The molecule has 0 atom stereocenters. The van der Waals surface area contributed by atoms with E-state index in [0.717, 1.165) is 12.8 Å². The van der Waals surface area contributed by atoms with Gasteiger partial charge in [0.05, 0.1) is 12.5 Å². The van der Waals surface area contributed by atoms with Gasteiger partial charge in [-0.2, -0.15) is 0 Å². The third-order valence-corrected chi connectivity index (χ3v) is 10.3. The molecule has 0 radical (unpaired) electrons. The molecule has 1 nitrogen and oxygen atoms in total. The fourth-order valence-corrected chi connectivity index (χ4v) is 6.97. The number of allylic oxidation sites excluding steroid dienone is 2. The van der Waals surface area contributed by atoms with Crippen LogP contribution in [0, 0.1) is 0 Å². The van der Waals surface area contributed by atoms with E-state index in [2.05, 4.69) is 26.0 Å². The number of hydrogen-bond donors (Lipinski definition) is 0. The van der Waals surface area contributed by atoms with E-state index in [1.165, 1.54) is 244 Å². The molecule has 1 heteroatoms. The Morgan fingerprint density at radius 1 is 0.234 bits per heavy atom. The van der Waals surface area contributed by atoms with Gasteiger partial charge in [-0.05, 0) is 37.8 Å². The summed E-state index contributed by atoms with van der Waals surface area (Å²) in [4.78, 5) is 0. The summed E-state index contributed by atoms with van der Waals surface area (Å²) in [6.45, 7) is 4.61. The maximum absolute atomic E-state index is 5.55. The van der Waals surface area contributed by atoms with Crippen LogP contribution in [0.25, 0.3) is 0 Å². The van der Waals surface area contributed by atoms with Gasteiger partial charge in [-0.1, -0.05) is 245 Å². The predicted molar refractivity (Wildman–Crippen MR) is 215 cm³/mol. The van der Waals surface area contributed by atoms with Gasteiger partial charge in [-0.3, -0.25) is 0 Å². The van der Waals surface area contributed by atoms with Gasteiger partial charge in [0.2, 0.25) is 0 Å². The molecule has 0 unspecified atom stereocenters. The van der Waals surface area contributed by atoms with Gasteiger partial charge in [0, 0.05) is 0 Å². The number of hydrogen-bond acceptors (Lipinski definition) is 1. The molecule has 0 aliphatic heterocycles. The number of unbranched alkanes of at least 4 members (excludes halogenated alkanes) is 38. The van der Waals surface area contributed by atoms with Crippen molar-refractivity contribution in [3.8, 4) is 0 Å². The zero-order valence-electron chi connectivity index (χ0n) is 33.0. The predicted octanol–water partition coefficient (Wildman–Crippen LogP) is 17.7. The normalized spacial score (nSPS) is 11.9. The first-order valence-corrected chi connectivity index (χ1v) is 22.4. The van der Waals surface area contributed by atoms with Gasteiger partial charge in [0.25, 0.3) is 0 Å². The zero-order valence-corrected chi connectivity index (χ0v) is 33.0. The van der Waals surface area contributed by atoms with Crippen molar-refractivity contribution in [1.82, 2.24) is 0 Å². The summed E-state index contributed by atoms with van der Waals surface area (Å²) in [5, 5.41) is 0. The Balaban J connectivity index is 3.14. The maximum atomic E-state index is 5.55. The monoisotopic (exact) mass is 659 g/mol. The van der Waals surface area contributed by atoms with Crippen molar-refractivity contribution in [1.29, 1.82) is 0 Å². The second-order valence-electron chi connectivity index (χ2n) is 15.2. The van der Waals surface area contributed by atoms with Crippen molar-refractivity contribution < 1.29 is 4.74 Å². The molecular formula is C46H90O. The minimum Gasteiger partial charge on any atom is -0.473 e. The molecule has 0 aromatic rings. The summed E-state index contributed by atoms with van der Waals surface area (Å²) in [6.07, 6.45) is 65.3. The number of rotatable bonds is 42. The highest BCUT2D eigenvalue weighted by Gasteiger charge is 1.97. The largest absolute Gasteiger partial charge is 0.473 e. The Kier molecular flexibility index (Phi) is 44.6. The molecule has 47 heavy (non-hydrogen) atoms. The van der Waals surface area contributed by atoms with Crippen molar-refractivity contribution in [2.75, 3.05) is 0 Å². The van der Waals surface area contributed by atoms with Crippen LogP contribution in [-0.2, 0) is 4.74 Å². The van der Waals surface area contributed by atoms with Crippen molar-refractivity contribution in [3.63, 3.8) is 0 Å². The Morgan fingerprint density at radius 3 is 0.596 bits per heavy atom. The van der Waals surface area contributed by atoms with Crippen LogP contribution in [0.1, 0.15) is 271 Å². The quantitative estimate of drug-likeness (QED) is 0.0468. The van der Waals surface area contributed by atoms with Gasteiger partial charge < -0.3 is 4.74 Å². The van der Waals surface area contributed by atoms with Crippen LogP contribution in [-0.4, -0.2) is 0 Å². The highest BCUT2D eigenvalue weighted by molar-refractivity contribution is 4.79. The molecule has 280 valence electrons. The van der Waals surface area contributed by atoms with Crippen molar-refractivity contribution in [2.45, 2.75) is 271 Å². The van der Waals surface area contributed by atoms with E-state index in [4.69, 9.17) is 4.74 Å². The van der Waals surface area contributed by atoms with Gasteiger partial charge in [-0.15, -0.1) is 0 Å². The Morgan fingerprint density at radius 2 is 0.404 bits per heavy atom. The molecule has 0 rings (SSSR count). The second kappa shape index (κ2) is 45.3. The fourth-order valence-electron chi connectivity index (χ4n) is 6.97. The molecule has 0 aromatic carbocycles. The van der Waals surface area contributed by atoms with Gasteiger partial charge >= 0.3 is 0 Å². The van der Waals surface area contributed by atoms with Gasteiger partial charge in [-0.25, -0.2) is 0 Å². The van der Waals surface area contributed by atoms with E-state index < -0.39 is 0 Å². The minimum atomic E-state index is 1.16. The molecule has 0 aliphatic rings. The molecule has 0 bridgehead atoms. The third kappa shape index (κ3) is 45.3. The van der Waals surface area contributed by atoms with Crippen LogP contribution in [0.5, 0.6) is 0 Å². The lowest BCUT2D eigenvalue weighted by molar-refractivity contribution is 0.397. The SMILES string of the molecule is CCCCCCCCCCCCCCCCCCCCCC=COC=CCCCCCCCCCCCCCCCCCCCCC. The lowest BCUT2D eigenvalue weighted by Gasteiger charge is -2.04. The van der Waals surface area contributed by atoms with Crippen LogP contribution in [0.4, 0.5) is 0 Å². The van der Waals surface area contributed by atoms with E-state index in [-0.39, 0.29) is 0 Å². The summed E-state index contributed by atoms with van der Waals surface area (Å²) in [5.74, 6) is 0. The smallest absolute Gasteiger partial charge is 0.0861 e. The van der Waals surface area contributed by atoms with Crippen LogP contribution < -0.4 is 0 Å². The van der Waals surface area contributed by atoms with E-state index in [1.54, 1.807) is 0 Å². The minimum absolute atomic E-state index is 1.16. The second-order valence-corrected chi connectivity index (χ2v) is 15.2. The summed E-state index contributed by atoms with van der Waals surface area (Å²) >= 11 is 0. The average molecular weight is 659 g/mol. The summed E-state index contributed by atoms with van der Waals surface area (Å²) in [5.41, 5.74) is 0. The van der Waals surface area contributed by atoms with Crippen LogP contribution in [0.3, 0.4) is 0 Å². The first-order valence-electron chi connectivity index (χ1n) is 22.4. The lowest BCUT2D eigenvalue weighted by atomic mass is 10.0. The van der Waals surface area contributed by atoms with Crippen molar-refractivity contribution in [3.05, 3.63) is 24.7 Å². The Bertz CT molecular complexity index is 528. The standard InChI is InChI=1S/C46H90O/c1-3-5-7-9-11-13-15-17-19-21-23-25-27-29-31-33-35-37-39-41-43-45-47-46-44-42-40-38-36-34-32-30-28-26-24-22-20-18-16-14-12-10-8-6-4-2/h43-46H,3-42H2,1-2H3. The first-order chi connectivity index (χ1) is 23.4. The summed E-state index contributed by atoms with van der Waals surface area (Å²) < 4.78 is 5.55. The van der Waals surface area contributed by atoms with E-state index in [0.29, 0.717) is 0 Å². The molecule has 0 aromatic heterocycles. The first kappa shape index (κ1) is 46.3. The third-order valence-electron chi connectivity index (χ3n) is 10.3. The molecule has 0 amide bonds. The molecule has 0 heterocycles. The van der Waals surface area contributed by atoms with Gasteiger partial charge in [0.15, 0.2) is 0 Å². The highest BCUT2D eigenvalue weighted by atomic mass is 16.5. The lowest BCUT2D eigenvalue weighted by Crippen LogP contribution is -1.84. The Hall–Kier alpha value is -0.720. The number of ether oxygens (including phenoxy) is 1. The average Bonchev–Trinajstić information content (AvgIpc) is 3.08. The van der Waals surface area contributed by atoms with Gasteiger partial charge in [0.1, 0.15) is 0 Å². The molecule has 0 aliphatic carbocycles. The van der Waals surface area contributed by atoms with E-state index in [9.17, 15) is 0 Å². The van der Waals surface area contributed by atoms with Crippen molar-refractivity contribution in [2.24, 2.45) is 0 Å². The Labute approximate surface area is 299 Å². The molecule has 0 saturated carbocycles. The molecule has 0 N–H and O–H groups in total.